The van der Waals surface area contributed by atoms with Crippen molar-refractivity contribution in [2.24, 2.45) is 0 Å². The number of benzene rings is 1. The standard InChI is InChI=1S/C18H21N3O3S2/c1-3-20(14-6-4-5-7-14)17(22)13-8-9-16(15(10-13)21(23)24)26-18-19-12(2)11-25-18/h8-11,14H,3-7H2,1-2H3. The smallest absolute Gasteiger partial charge is 0.284 e. The first-order valence-corrected chi connectivity index (χ1v) is 10.4. The van der Waals surface area contributed by atoms with Crippen molar-refractivity contribution in [3.63, 3.8) is 0 Å². The van der Waals surface area contributed by atoms with Crippen molar-refractivity contribution < 1.29 is 9.72 Å². The summed E-state index contributed by atoms with van der Waals surface area (Å²) in [5.74, 6) is -0.121. The van der Waals surface area contributed by atoms with Crippen molar-refractivity contribution in [2.75, 3.05) is 6.54 Å². The van der Waals surface area contributed by atoms with Crippen LogP contribution in [0, 0.1) is 17.0 Å². The van der Waals surface area contributed by atoms with Gasteiger partial charge in [-0.3, -0.25) is 14.9 Å². The molecule has 2 aromatic rings. The van der Waals surface area contributed by atoms with E-state index in [0.717, 1.165) is 35.7 Å². The van der Waals surface area contributed by atoms with Gasteiger partial charge in [-0.05, 0) is 38.8 Å². The van der Waals surface area contributed by atoms with Crippen molar-refractivity contribution in [3.05, 3.63) is 45.0 Å². The maximum Gasteiger partial charge on any atom is 0.284 e. The van der Waals surface area contributed by atoms with E-state index >= 15 is 0 Å². The van der Waals surface area contributed by atoms with E-state index in [4.69, 9.17) is 0 Å². The molecule has 1 heterocycles. The summed E-state index contributed by atoms with van der Waals surface area (Å²) in [5.41, 5.74) is 1.23. The number of nitrogens with zero attached hydrogens (tertiary/aromatic N) is 3. The van der Waals surface area contributed by atoms with Crippen molar-refractivity contribution in [3.8, 4) is 0 Å². The molecule has 0 spiro atoms. The van der Waals surface area contributed by atoms with E-state index in [-0.39, 0.29) is 17.6 Å². The van der Waals surface area contributed by atoms with Gasteiger partial charge in [0.05, 0.1) is 9.82 Å². The van der Waals surface area contributed by atoms with Gasteiger partial charge < -0.3 is 4.90 Å². The lowest BCUT2D eigenvalue weighted by Crippen LogP contribution is -2.38. The van der Waals surface area contributed by atoms with Gasteiger partial charge in [0.1, 0.15) is 0 Å². The molecule has 1 fully saturated rings. The number of nitro groups is 1. The summed E-state index contributed by atoms with van der Waals surface area (Å²) in [7, 11) is 0. The highest BCUT2D eigenvalue weighted by Gasteiger charge is 2.28. The Balaban J connectivity index is 1.87. The van der Waals surface area contributed by atoms with Gasteiger partial charge in [-0.2, -0.15) is 0 Å². The zero-order valence-electron chi connectivity index (χ0n) is 14.8. The molecule has 0 unspecified atom stereocenters. The Bertz CT molecular complexity index is 816. The minimum absolute atomic E-state index is 0.0452. The van der Waals surface area contributed by atoms with Crippen LogP contribution in [0.25, 0.3) is 0 Å². The van der Waals surface area contributed by atoms with Crippen LogP contribution < -0.4 is 0 Å². The number of carbonyl (C=O) groups is 1. The van der Waals surface area contributed by atoms with Crippen molar-refractivity contribution in [1.82, 2.24) is 9.88 Å². The molecule has 0 bridgehead atoms. The highest BCUT2D eigenvalue weighted by Crippen LogP contribution is 2.37. The molecule has 26 heavy (non-hydrogen) atoms. The minimum Gasteiger partial charge on any atom is -0.336 e. The maximum absolute atomic E-state index is 12.9. The quantitative estimate of drug-likeness (QED) is 0.516. The zero-order valence-corrected chi connectivity index (χ0v) is 16.4. The molecule has 138 valence electrons. The molecule has 1 aliphatic rings. The second-order valence-corrected chi connectivity index (χ2v) is 8.47. The van der Waals surface area contributed by atoms with Crippen molar-refractivity contribution in [2.45, 2.75) is 54.8 Å². The number of hydrogen-bond donors (Lipinski definition) is 0. The average Bonchev–Trinajstić information content (AvgIpc) is 3.28. The predicted molar refractivity (Wildman–Crippen MR) is 103 cm³/mol. The van der Waals surface area contributed by atoms with Crippen LogP contribution in [-0.2, 0) is 0 Å². The topological polar surface area (TPSA) is 76.3 Å². The molecule has 1 saturated carbocycles. The predicted octanol–water partition coefficient (Wildman–Crippen LogP) is 4.92. The fourth-order valence-corrected chi connectivity index (χ4v) is 5.18. The van der Waals surface area contributed by atoms with E-state index in [2.05, 4.69) is 4.98 Å². The SMILES string of the molecule is CCN(C(=O)c1ccc(Sc2nc(C)cs2)c([N+](=O)[O-])c1)C1CCCC1. The largest absolute Gasteiger partial charge is 0.336 e. The average molecular weight is 392 g/mol. The molecule has 6 nitrogen and oxygen atoms in total. The molecule has 1 amide bonds. The molecule has 1 aromatic heterocycles. The second kappa shape index (κ2) is 8.18. The van der Waals surface area contributed by atoms with Crippen LogP contribution in [0.2, 0.25) is 0 Å². The van der Waals surface area contributed by atoms with Crippen LogP contribution in [0.1, 0.15) is 48.7 Å². The Labute approximate surface area is 160 Å². The molecule has 0 saturated heterocycles. The number of hydrogen-bond acceptors (Lipinski definition) is 6. The molecular formula is C18H21N3O3S2. The molecule has 0 aliphatic heterocycles. The maximum atomic E-state index is 12.9. The van der Waals surface area contributed by atoms with Crippen LogP contribution in [0.15, 0.2) is 32.8 Å². The lowest BCUT2D eigenvalue weighted by atomic mass is 10.1. The molecule has 3 rings (SSSR count). The monoisotopic (exact) mass is 391 g/mol. The van der Waals surface area contributed by atoms with E-state index < -0.39 is 4.92 Å². The Morgan fingerprint density at radius 3 is 2.73 bits per heavy atom. The highest BCUT2D eigenvalue weighted by molar-refractivity contribution is 8.01. The molecular weight excluding hydrogens is 370 g/mol. The number of amides is 1. The first-order valence-electron chi connectivity index (χ1n) is 8.69. The van der Waals surface area contributed by atoms with Crippen molar-refractivity contribution >= 4 is 34.7 Å². The summed E-state index contributed by atoms with van der Waals surface area (Å²) < 4.78 is 0.755. The first kappa shape index (κ1) is 18.8. The van der Waals surface area contributed by atoms with Crippen molar-refractivity contribution in [1.29, 1.82) is 0 Å². The first-order chi connectivity index (χ1) is 12.5. The highest BCUT2D eigenvalue weighted by atomic mass is 32.2. The summed E-state index contributed by atoms with van der Waals surface area (Å²) in [6.07, 6.45) is 4.30. The molecule has 0 radical (unpaired) electrons. The summed E-state index contributed by atoms with van der Waals surface area (Å²) in [6.45, 7) is 4.46. The van der Waals surface area contributed by atoms with Crippen LogP contribution in [0.5, 0.6) is 0 Å². The van der Waals surface area contributed by atoms with E-state index in [0.29, 0.717) is 17.0 Å². The van der Waals surface area contributed by atoms with E-state index in [1.54, 1.807) is 12.1 Å². The normalized spacial score (nSPS) is 14.5. The van der Waals surface area contributed by atoms with Gasteiger partial charge in [0.25, 0.3) is 11.6 Å². The molecule has 1 aliphatic carbocycles. The third-order valence-electron chi connectivity index (χ3n) is 4.56. The molecule has 0 atom stereocenters. The van der Waals surface area contributed by atoms with Crippen LogP contribution in [-0.4, -0.2) is 33.3 Å². The third-order valence-corrected chi connectivity index (χ3v) is 6.69. The Hall–Kier alpha value is -1.93. The van der Waals surface area contributed by atoms with Gasteiger partial charge in [0.2, 0.25) is 0 Å². The van der Waals surface area contributed by atoms with Gasteiger partial charge in [-0.1, -0.05) is 24.6 Å². The summed E-state index contributed by atoms with van der Waals surface area (Å²) in [6, 6.07) is 5.01. The Morgan fingerprint density at radius 2 is 2.15 bits per heavy atom. The number of aryl methyl sites for hydroxylation is 1. The van der Waals surface area contributed by atoms with E-state index in [1.165, 1.54) is 29.2 Å². The Morgan fingerprint density at radius 1 is 1.42 bits per heavy atom. The van der Waals surface area contributed by atoms with Crippen LogP contribution >= 0.6 is 23.1 Å². The van der Waals surface area contributed by atoms with Gasteiger partial charge in [-0.25, -0.2) is 4.98 Å². The third kappa shape index (κ3) is 4.07. The number of thiazole rings is 1. The summed E-state index contributed by atoms with van der Waals surface area (Å²) in [5, 5.41) is 13.4. The summed E-state index contributed by atoms with van der Waals surface area (Å²) >= 11 is 2.72. The number of aromatic nitrogens is 1. The van der Waals surface area contributed by atoms with Crippen LogP contribution in [0.3, 0.4) is 0 Å². The molecule has 8 heteroatoms. The van der Waals surface area contributed by atoms with E-state index in [1.807, 2.05) is 24.1 Å². The minimum atomic E-state index is -0.425. The van der Waals surface area contributed by atoms with E-state index in [9.17, 15) is 14.9 Å². The van der Waals surface area contributed by atoms with Gasteiger partial charge >= 0.3 is 0 Å². The Kier molecular flexibility index (Phi) is 5.93. The fraction of sp³-hybridized carbons (Fsp3) is 0.444. The lowest BCUT2D eigenvalue weighted by Gasteiger charge is -2.27. The second-order valence-electron chi connectivity index (χ2n) is 6.33. The number of carbonyl (C=O) groups excluding carboxylic acids is 1. The molecule has 1 aromatic carbocycles. The van der Waals surface area contributed by atoms with Gasteiger partial charge in [0, 0.05) is 35.3 Å². The van der Waals surface area contributed by atoms with Crippen LogP contribution in [0.4, 0.5) is 5.69 Å². The zero-order chi connectivity index (χ0) is 18.7. The number of nitro benzene ring substituents is 1. The van der Waals surface area contributed by atoms with Gasteiger partial charge in [0.15, 0.2) is 4.34 Å². The molecule has 0 N–H and O–H groups in total. The fourth-order valence-electron chi connectivity index (χ4n) is 3.30. The van der Waals surface area contributed by atoms with Gasteiger partial charge in [-0.15, -0.1) is 11.3 Å². The number of rotatable bonds is 6. The lowest BCUT2D eigenvalue weighted by molar-refractivity contribution is -0.387. The summed E-state index contributed by atoms with van der Waals surface area (Å²) in [4.78, 5) is 30.7.